The van der Waals surface area contributed by atoms with Gasteiger partial charge in [-0.05, 0) is 42.0 Å². The van der Waals surface area contributed by atoms with Crippen molar-refractivity contribution in [2.75, 3.05) is 0 Å². The molecule has 0 aliphatic rings. The predicted molar refractivity (Wildman–Crippen MR) is 94.7 cm³/mol. The molecule has 0 spiro atoms. The second-order valence-corrected chi connectivity index (χ2v) is 7.26. The van der Waals surface area contributed by atoms with Crippen LogP contribution in [0.3, 0.4) is 0 Å². The van der Waals surface area contributed by atoms with Gasteiger partial charge in [-0.3, -0.25) is 0 Å². The molecular formula is C19H17NO5S. The van der Waals surface area contributed by atoms with Crippen LogP contribution < -0.4 is 4.72 Å². The zero-order chi connectivity index (χ0) is 18.4. The number of furan rings is 1. The summed E-state index contributed by atoms with van der Waals surface area (Å²) in [5.41, 5.74) is 1.16. The smallest absolute Gasteiger partial charge is 0.338 e. The number of carbonyl (C=O) groups is 1. The van der Waals surface area contributed by atoms with Gasteiger partial charge in [-0.1, -0.05) is 30.3 Å². The fourth-order valence-electron chi connectivity index (χ4n) is 2.24. The van der Waals surface area contributed by atoms with Crippen LogP contribution in [0.4, 0.5) is 0 Å². The van der Waals surface area contributed by atoms with Gasteiger partial charge in [-0.2, -0.15) is 0 Å². The minimum atomic E-state index is -3.70. The van der Waals surface area contributed by atoms with E-state index in [-0.39, 0.29) is 23.6 Å². The number of sulfonamides is 1. The van der Waals surface area contributed by atoms with Crippen molar-refractivity contribution >= 4 is 16.0 Å². The van der Waals surface area contributed by atoms with Gasteiger partial charge < -0.3 is 9.15 Å². The highest BCUT2D eigenvalue weighted by atomic mass is 32.2. The van der Waals surface area contributed by atoms with Crippen LogP contribution in [0.2, 0.25) is 0 Å². The highest BCUT2D eigenvalue weighted by molar-refractivity contribution is 7.89. The summed E-state index contributed by atoms with van der Waals surface area (Å²) in [6.45, 7) is 0.209. The van der Waals surface area contributed by atoms with Crippen molar-refractivity contribution in [2.45, 2.75) is 18.0 Å². The van der Waals surface area contributed by atoms with Gasteiger partial charge in [0.15, 0.2) is 0 Å². The lowest BCUT2D eigenvalue weighted by Gasteiger charge is -2.07. The van der Waals surface area contributed by atoms with Gasteiger partial charge in [0.25, 0.3) is 0 Å². The second kappa shape index (κ2) is 7.99. The number of rotatable bonds is 7. The number of hydrogen-bond donors (Lipinski definition) is 1. The van der Waals surface area contributed by atoms with Crippen LogP contribution in [0.25, 0.3) is 0 Å². The van der Waals surface area contributed by atoms with Crippen molar-refractivity contribution in [1.82, 2.24) is 4.72 Å². The maximum absolute atomic E-state index is 12.3. The monoisotopic (exact) mass is 371 g/mol. The molecular weight excluding hydrogens is 354 g/mol. The van der Waals surface area contributed by atoms with Gasteiger partial charge >= 0.3 is 5.97 Å². The standard InChI is InChI=1S/C19H17NO5S/c21-19(25-14-15-5-2-1-3-6-15)16-8-10-18(11-9-16)26(22,23)20-13-17-7-4-12-24-17/h1-12,20H,13-14H2. The van der Waals surface area contributed by atoms with E-state index in [4.69, 9.17) is 9.15 Å². The summed E-state index contributed by atoms with van der Waals surface area (Å²) in [7, 11) is -3.70. The molecule has 0 saturated heterocycles. The van der Waals surface area contributed by atoms with Crippen LogP contribution in [-0.2, 0) is 27.9 Å². The Morgan fingerprint density at radius 3 is 2.35 bits per heavy atom. The van der Waals surface area contributed by atoms with Crippen LogP contribution in [0.15, 0.2) is 82.3 Å². The molecule has 0 aliphatic heterocycles. The molecule has 0 atom stereocenters. The van der Waals surface area contributed by atoms with Crippen molar-refractivity contribution in [1.29, 1.82) is 0 Å². The van der Waals surface area contributed by atoms with Gasteiger partial charge in [-0.25, -0.2) is 17.9 Å². The van der Waals surface area contributed by atoms with Crippen LogP contribution >= 0.6 is 0 Å². The SMILES string of the molecule is O=C(OCc1ccccc1)c1ccc(S(=O)(=O)NCc2ccco2)cc1. The van der Waals surface area contributed by atoms with Crippen LogP contribution in [0.1, 0.15) is 21.7 Å². The third-order valence-corrected chi connectivity index (χ3v) is 5.05. The summed E-state index contributed by atoms with van der Waals surface area (Å²) in [4.78, 5) is 12.1. The lowest BCUT2D eigenvalue weighted by atomic mass is 10.2. The van der Waals surface area contributed by atoms with Gasteiger partial charge in [-0.15, -0.1) is 0 Å². The normalized spacial score (nSPS) is 11.2. The molecule has 3 aromatic rings. The first-order valence-corrected chi connectivity index (χ1v) is 9.36. The summed E-state index contributed by atoms with van der Waals surface area (Å²) in [6.07, 6.45) is 1.47. The highest BCUT2D eigenvalue weighted by Gasteiger charge is 2.16. The molecule has 0 aliphatic carbocycles. The van der Waals surface area contributed by atoms with Crippen molar-refractivity contribution < 1.29 is 22.4 Å². The minimum absolute atomic E-state index is 0.0518. The van der Waals surface area contributed by atoms with Crippen LogP contribution in [0, 0.1) is 0 Å². The van der Waals surface area contributed by atoms with Gasteiger partial charge in [0.1, 0.15) is 12.4 Å². The zero-order valence-electron chi connectivity index (χ0n) is 13.8. The third kappa shape index (κ3) is 4.59. The average molecular weight is 371 g/mol. The fourth-order valence-corrected chi connectivity index (χ4v) is 3.23. The zero-order valence-corrected chi connectivity index (χ0v) is 14.6. The summed E-state index contributed by atoms with van der Waals surface area (Å²) < 4.78 is 37.2. The Labute approximate surface area is 151 Å². The molecule has 7 heteroatoms. The quantitative estimate of drug-likeness (QED) is 0.645. The number of esters is 1. The lowest BCUT2D eigenvalue weighted by Crippen LogP contribution is -2.23. The molecule has 3 rings (SSSR count). The van der Waals surface area contributed by atoms with E-state index in [1.54, 1.807) is 12.1 Å². The molecule has 6 nitrogen and oxygen atoms in total. The number of carbonyl (C=O) groups excluding carboxylic acids is 1. The molecule has 0 fully saturated rings. The Bertz CT molecular complexity index is 949. The number of hydrogen-bond acceptors (Lipinski definition) is 5. The summed E-state index contributed by atoms with van der Waals surface area (Å²) in [6, 6.07) is 18.2. The minimum Gasteiger partial charge on any atom is -0.468 e. The van der Waals surface area contributed by atoms with E-state index in [9.17, 15) is 13.2 Å². The molecule has 0 radical (unpaired) electrons. The van der Waals surface area contributed by atoms with Crippen molar-refractivity contribution in [2.24, 2.45) is 0 Å². The first-order valence-electron chi connectivity index (χ1n) is 7.88. The van der Waals surface area contributed by atoms with E-state index in [0.717, 1.165) is 5.56 Å². The maximum atomic E-state index is 12.3. The van der Waals surface area contributed by atoms with E-state index < -0.39 is 16.0 Å². The Kier molecular flexibility index (Phi) is 5.50. The lowest BCUT2D eigenvalue weighted by molar-refractivity contribution is 0.0472. The predicted octanol–water partition coefficient (Wildman–Crippen LogP) is 3.12. The molecule has 1 heterocycles. The molecule has 26 heavy (non-hydrogen) atoms. The molecule has 0 bridgehead atoms. The Hall–Kier alpha value is -2.90. The van der Waals surface area contributed by atoms with E-state index in [1.807, 2.05) is 30.3 Å². The maximum Gasteiger partial charge on any atom is 0.338 e. The van der Waals surface area contributed by atoms with Crippen LogP contribution in [-0.4, -0.2) is 14.4 Å². The Morgan fingerprint density at radius 2 is 1.69 bits per heavy atom. The Morgan fingerprint density at radius 1 is 0.962 bits per heavy atom. The molecule has 0 saturated carbocycles. The topological polar surface area (TPSA) is 85.6 Å². The first-order chi connectivity index (χ1) is 12.5. The van der Waals surface area contributed by atoms with E-state index in [1.165, 1.54) is 30.5 Å². The molecule has 0 unspecified atom stereocenters. The van der Waals surface area contributed by atoms with Gasteiger partial charge in [0, 0.05) is 0 Å². The van der Waals surface area contributed by atoms with Gasteiger partial charge in [0.2, 0.25) is 10.0 Å². The molecule has 0 amide bonds. The van der Waals surface area contributed by atoms with Crippen LogP contribution in [0.5, 0.6) is 0 Å². The molecule has 1 aromatic heterocycles. The average Bonchev–Trinajstić information content (AvgIpc) is 3.19. The fraction of sp³-hybridized carbons (Fsp3) is 0.105. The first kappa shape index (κ1) is 17.9. The number of nitrogens with one attached hydrogen (secondary N) is 1. The molecule has 2 aromatic carbocycles. The van der Waals surface area contributed by atoms with Crippen molar-refractivity contribution in [3.05, 3.63) is 89.9 Å². The summed E-state index contributed by atoms with van der Waals surface area (Å²) in [5.74, 6) is -0.00368. The van der Waals surface area contributed by atoms with Crippen molar-refractivity contribution in [3.8, 4) is 0 Å². The third-order valence-electron chi connectivity index (χ3n) is 3.63. The van der Waals surface area contributed by atoms with E-state index in [0.29, 0.717) is 5.76 Å². The molecule has 134 valence electrons. The van der Waals surface area contributed by atoms with E-state index in [2.05, 4.69) is 4.72 Å². The van der Waals surface area contributed by atoms with E-state index >= 15 is 0 Å². The van der Waals surface area contributed by atoms with Crippen molar-refractivity contribution in [3.63, 3.8) is 0 Å². The summed E-state index contributed by atoms with van der Waals surface area (Å²) >= 11 is 0. The number of ether oxygens (including phenoxy) is 1. The Balaban J connectivity index is 1.61. The number of benzene rings is 2. The largest absolute Gasteiger partial charge is 0.468 e. The summed E-state index contributed by atoms with van der Waals surface area (Å²) in [5, 5.41) is 0. The van der Waals surface area contributed by atoms with Gasteiger partial charge in [0.05, 0.1) is 23.3 Å². The highest BCUT2D eigenvalue weighted by Crippen LogP contribution is 2.13. The second-order valence-electron chi connectivity index (χ2n) is 5.49. The molecule has 1 N–H and O–H groups in total.